The molecule has 1 aromatic carbocycles. The lowest BCUT2D eigenvalue weighted by molar-refractivity contribution is 0.568. The van der Waals surface area contributed by atoms with E-state index >= 15 is 8.78 Å². The largest absolute Gasteiger partial charge is 0.284 e. The quantitative estimate of drug-likeness (QED) is 0.314. The van der Waals surface area contributed by atoms with Crippen LogP contribution in [0, 0.1) is 18.6 Å². The van der Waals surface area contributed by atoms with E-state index in [0.29, 0.717) is 23.2 Å². The number of benzene rings is 1. The molecule has 0 fully saturated rings. The Morgan fingerprint density at radius 1 is 1.24 bits per heavy atom. The van der Waals surface area contributed by atoms with Gasteiger partial charge in [0.05, 0.1) is 12.4 Å². The highest BCUT2D eigenvalue weighted by Crippen LogP contribution is 2.27. The Morgan fingerprint density at radius 3 is 2.58 bits per heavy atom. The molecule has 3 rings (SSSR count). The predicted molar refractivity (Wildman–Crippen MR) is 143 cm³/mol. The minimum atomic E-state index is -3.94. The van der Waals surface area contributed by atoms with Crippen LogP contribution in [0.2, 0.25) is 5.02 Å². The molecule has 0 saturated carbocycles. The van der Waals surface area contributed by atoms with Crippen molar-refractivity contribution in [3.8, 4) is 0 Å². The number of hydrogen-bond acceptors (Lipinski definition) is 5. The molecule has 0 aliphatic rings. The van der Waals surface area contributed by atoms with Gasteiger partial charge in [-0.3, -0.25) is 19.3 Å². The summed E-state index contributed by atoms with van der Waals surface area (Å²) in [7, 11) is -3.94. The summed E-state index contributed by atoms with van der Waals surface area (Å²) in [5, 5.41) is -0.159. The van der Waals surface area contributed by atoms with Gasteiger partial charge in [0.1, 0.15) is 21.4 Å². The Bertz CT molecular complexity index is 1630. The number of rotatable bonds is 8. The topological polar surface area (TPSA) is 81.4 Å². The first kappa shape index (κ1) is 29.1. The standard InChI is InChI=1S/C27H25ClF3N3O3S/c1-5-9-33-26(20-7-6-8-23(25(20)31)38(4,36)37)22(30)15-34-17(3)11-21(24(28)27(34)35)16(2)10-18-12-19(29)14-32-13-18/h5-9,11-16H,10H2,1-4H3/b9-5+,22-15-,33-26+. The van der Waals surface area contributed by atoms with E-state index in [2.05, 4.69) is 9.98 Å². The van der Waals surface area contributed by atoms with Crippen molar-refractivity contribution in [1.29, 1.82) is 0 Å². The molecular weight excluding hydrogens is 539 g/mol. The van der Waals surface area contributed by atoms with Crippen molar-refractivity contribution in [1.82, 2.24) is 9.55 Å². The summed E-state index contributed by atoms with van der Waals surface area (Å²) < 4.78 is 69.1. The van der Waals surface area contributed by atoms with Crippen LogP contribution >= 0.6 is 11.6 Å². The smallest absolute Gasteiger partial charge is 0.273 e. The maximum Gasteiger partial charge on any atom is 0.273 e. The fourth-order valence-electron chi connectivity index (χ4n) is 3.86. The zero-order valence-corrected chi connectivity index (χ0v) is 22.6. The Balaban J connectivity index is 2.09. The monoisotopic (exact) mass is 563 g/mol. The van der Waals surface area contributed by atoms with E-state index < -0.39 is 49.0 Å². The lowest BCUT2D eigenvalue weighted by Gasteiger charge is -2.16. The van der Waals surface area contributed by atoms with Gasteiger partial charge in [-0.15, -0.1) is 0 Å². The number of halogens is 4. The molecule has 0 spiro atoms. The Kier molecular flexibility index (Phi) is 9.11. The minimum absolute atomic E-state index is 0.159. The van der Waals surface area contributed by atoms with Crippen LogP contribution in [0.3, 0.4) is 0 Å². The number of nitrogens with zero attached hydrogens (tertiary/aromatic N) is 3. The Morgan fingerprint density at radius 2 is 1.95 bits per heavy atom. The first-order valence-corrected chi connectivity index (χ1v) is 13.7. The highest BCUT2D eigenvalue weighted by atomic mass is 35.5. The number of aromatic nitrogens is 2. The van der Waals surface area contributed by atoms with Gasteiger partial charge in [0, 0.05) is 29.9 Å². The van der Waals surface area contributed by atoms with E-state index in [1.54, 1.807) is 19.9 Å². The van der Waals surface area contributed by atoms with Crippen LogP contribution < -0.4 is 5.56 Å². The molecule has 2 aromatic heterocycles. The molecule has 38 heavy (non-hydrogen) atoms. The van der Waals surface area contributed by atoms with E-state index in [1.807, 2.05) is 6.92 Å². The molecule has 0 radical (unpaired) electrons. The van der Waals surface area contributed by atoms with Crippen molar-refractivity contribution in [2.24, 2.45) is 4.99 Å². The molecule has 1 unspecified atom stereocenters. The zero-order valence-electron chi connectivity index (χ0n) is 21.0. The van der Waals surface area contributed by atoms with Gasteiger partial charge in [0.2, 0.25) is 0 Å². The zero-order chi connectivity index (χ0) is 28.2. The van der Waals surface area contributed by atoms with Crippen molar-refractivity contribution in [3.63, 3.8) is 0 Å². The van der Waals surface area contributed by atoms with Crippen molar-refractivity contribution >= 4 is 33.3 Å². The van der Waals surface area contributed by atoms with Gasteiger partial charge >= 0.3 is 0 Å². The van der Waals surface area contributed by atoms with Crippen molar-refractivity contribution in [3.05, 3.63) is 110 Å². The van der Waals surface area contributed by atoms with Gasteiger partial charge in [-0.1, -0.05) is 30.7 Å². The summed E-state index contributed by atoms with van der Waals surface area (Å²) in [6, 6.07) is 6.48. The highest BCUT2D eigenvalue weighted by molar-refractivity contribution is 7.90. The number of pyridine rings is 2. The number of hydrogen-bond donors (Lipinski definition) is 0. The molecule has 6 nitrogen and oxygen atoms in total. The molecule has 200 valence electrons. The van der Waals surface area contributed by atoms with Crippen LogP contribution in [-0.4, -0.2) is 29.9 Å². The molecule has 0 saturated heterocycles. The number of allylic oxidation sites excluding steroid dienone is 2. The molecule has 0 amide bonds. The molecule has 1 atom stereocenters. The van der Waals surface area contributed by atoms with Gasteiger partial charge in [-0.25, -0.2) is 21.6 Å². The Hall–Kier alpha value is -3.50. The van der Waals surface area contributed by atoms with Crippen LogP contribution in [0.1, 0.15) is 42.1 Å². The molecule has 11 heteroatoms. The minimum Gasteiger partial charge on any atom is -0.284 e. The van der Waals surface area contributed by atoms with Crippen LogP contribution in [0.25, 0.3) is 6.20 Å². The van der Waals surface area contributed by atoms with E-state index in [4.69, 9.17) is 11.6 Å². The average molecular weight is 564 g/mol. The molecule has 3 aromatic rings. The average Bonchev–Trinajstić information content (AvgIpc) is 2.84. The summed E-state index contributed by atoms with van der Waals surface area (Å²) in [6.45, 7) is 4.99. The van der Waals surface area contributed by atoms with Crippen LogP contribution in [0.15, 0.2) is 75.5 Å². The summed E-state index contributed by atoms with van der Waals surface area (Å²) in [5.41, 5.74) is -0.209. The van der Waals surface area contributed by atoms with Crippen molar-refractivity contribution < 1.29 is 21.6 Å². The van der Waals surface area contributed by atoms with E-state index in [0.717, 1.165) is 29.3 Å². The van der Waals surface area contributed by atoms with Crippen LogP contribution in [-0.2, 0) is 16.3 Å². The number of aryl methyl sites for hydroxylation is 1. The second-order valence-electron chi connectivity index (χ2n) is 8.67. The van der Waals surface area contributed by atoms with E-state index in [1.165, 1.54) is 36.7 Å². The lowest BCUT2D eigenvalue weighted by Crippen LogP contribution is -2.22. The van der Waals surface area contributed by atoms with Gasteiger partial charge in [-0.05, 0) is 61.6 Å². The van der Waals surface area contributed by atoms with E-state index in [9.17, 15) is 17.6 Å². The fourth-order valence-corrected chi connectivity index (χ4v) is 4.95. The summed E-state index contributed by atoms with van der Waals surface area (Å²) >= 11 is 6.38. The van der Waals surface area contributed by atoms with Crippen molar-refractivity contribution in [2.45, 2.75) is 38.0 Å². The third-order valence-corrected chi connectivity index (χ3v) is 7.17. The van der Waals surface area contributed by atoms with Gasteiger partial charge in [0.25, 0.3) is 5.56 Å². The Labute approximate surface area is 223 Å². The number of aliphatic imine (C=N–C) groups is 1. The molecule has 0 aliphatic carbocycles. The highest BCUT2D eigenvalue weighted by Gasteiger charge is 2.23. The summed E-state index contributed by atoms with van der Waals surface area (Å²) in [5.74, 6) is -3.04. The normalized spacial score (nSPS) is 13.8. The lowest BCUT2D eigenvalue weighted by atomic mass is 9.94. The maximum absolute atomic E-state index is 15.6. The molecule has 2 heterocycles. The first-order chi connectivity index (χ1) is 17.8. The van der Waals surface area contributed by atoms with E-state index in [-0.39, 0.29) is 10.9 Å². The van der Waals surface area contributed by atoms with Crippen LogP contribution in [0.4, 0.5) is 13.2 Å². The molecular formula is C27H25ClF3N3O3S. The first-order valence-electron chi connectivity index (χ1n) is 11.4. The molecule has 0 N–H and O–H groups in total. The fraction of sp³-hybridized carbons (Fsp3) is 0.222. The SMILES string of the molecule is C/C=C/N=C(/C(F)=C/n1c(C)cc(C(C)Cc2cncc(F)c2)c(Cl)c1=O)c1cccc(S(C)(=O)=O)c1F. The number of sulfone groups is 1. The van der Waals surface area contributed by atoms with Crippen molar-refractivity contribution in [2.75, 3.05) is 6.26 Å². The summed E-state index contributed by atoms with van der Waals surface area (Å²) in [4.78, 5) is 20.3. The van der Waals surface area contributed by atoms with Crippen LogP contribution in [0.5, 0.6) is 0 Å². The third-order valence-electron chi connectivity index (χ3n) is 5.68. The molecule has 0 aliphatic heterocycles. The second kappa shape index (κ2) is 11.9. The third kappa shape index (κ3) is 6.49. The second-order valence-corrected chi connectivity index (χ2v) is 11.0. The predicted octanol–water partition coefficient (Wildman–Crippen LogP) is 6.02. The van der Waals surface area contributed by atoms with Gasteiger partial charge < -0.3 is 0 Å². The van der Waals surface area contributed by atoms with Gasteiger partial charge in [0.15, 0.2) is 21.5 Å². The summed E-state index contributed by atoms with van der Waals surface area (Å²) in [6.07, 6.45) is 7.31. The maximum atomic E-state index is 15.6. The van der Waals surface area contributed by atoms with Gasteiger partial charge in [-0.2, -0.15) is 0 Å². The molecule has 0 bridgehead atoms.